The van der Waals surface area contributed by atoms with E-state index in [1.807, 2.05) is 0 Å². The smallest absolute Gasteiger partial charge is 0.417 e. The molecule has 196 valence electrons. The Labute approximate surface area is 221 Å². The van der Waals surface area contributed by atoms with Crippen molar-refractivity contribution in [1.82, 2.24) is 4.57 Å². The van der Waals surface area contributed by atoms with Crippen LogP contribution in [0.15, 0.2) is 59.4 Å². The van der Waals surface area contributed by atoms with Gasteiger partial charge in [-0.05, 0) is 48.0 Å². The molecular weight excluding hydrogens is 551 g/mol. The largest absolute Gasteiger partial charge is 0.490 e. The lowest BCUT2D eigenvalue weighted by molar-refractivity contribution is -0.137. The molecule has 4 aromatic rings. The minimum absolute atomic E-state index is 0.0363. The van der Waals surface area contributed by atoms with Gasteiger partial charge in [-0.3, -0.25) is 4.79 Å². The van der Waals surface area contributed by atoms with Gasteiger partial charge in [0.25, 0.3) is 5.56 Å². The van der Waals surface area contributed by atoms with E-state index < -0.39 is 41.0 Å². The summed E-state index contributed by atoms with van der Waals surface area (Å²) >= 11 is 7.28. The number of benzene rings is 2. The highest BCUT2D eigenvalue weighted by atomic mass is 35.5. The highest BCUT2D eigenvalue weighted by Crippen LogP contribution is 2.39. The second kappa shape index (κ2) is 10.9. The summed E-state index contributed by atoms with van der Waals surface area (Å²) in [5, 5.41) is 18.5. The molecule has 0 bridgehead atoms. The Bertz CT molecular complexity index is 1610. The molecule has 1 N–H and O–H groups in total. The molecule has 2 aromatic heterocycles. The lowest BCUT2D eigenvalue weighted by Crippen LogP contribution is -2.28. The summed E-state index contributed by atoms with van der Waals surface area (Å²) in [5.41, 5.74) is -3.56. The van der Waals surface area contributed by atoms with Crippen molar-refractivity contribution >= 4 is 22.9 Å². The molecule has 0 atom stereocenters. The number of halogens is 6. The molecule has 0 saturated carbocycles. The Balaban J connectivity index is 1.86. The van der Waals surface area contributed by atoms with Crippen LogP contribution in [0.3, 0.4) is 0 Å². The van der Waals surface area contributed by atoms with Crippen molar-refractivity contribution < 1.29 is 31.8 Å². The van der Waals surface area contributed by atoms with E-state index in [2.05, 4.69) is 0 Å². The van der Waals surface area contributed by atoms with E-state index >= 15 is 0 Å². The second-order valence-electron chi connectivity index (χ2n) is 7.94. The van der Waals surface area contributed by atoms with Crippen LogP contribution in [-0.4, -0.2) is 22.9 Å². The van der Waals surface area contributed by atoms with Crippen molar-refractivity contribution in [2.45, 2.75) is 12.7 Å². The molecule has 0 aliphatic rings. The van der Waals surface area contributed by atoms with Crippen molar-refractivity contribution in [3.05, 3.63) is 98.3 Å². The molecule has 38 heavy (non-hydrogen) atoms. The third kappa shape index (κ3) is 5.57. The molecule has 4 rings (SSSR count). The number of ether oxygens (including phenoxy) is 1. The molecule has 0 fully saturated rings. The van der Waals surface area contributed by atoms with Gasteiger partial charge in [-0.25, -0.2) is 8.78 Å². The van der Waals surface area contributed by atoms with Gasteiger partial charge < -0.3 is 14.4 Å². The molecular formula is C26H16ClF5N2O3S. The van der Waals surface area contributed by atoms with Gasteiger partial charge in [0.2, 0.25) is 0 Å². The number of aliphatic hydroxyl groups excluding tert-OH is 1. The van der Waals surface area contributed by atoms with Gasteiger partial charge in [0, 0.05) is 16.5 Å². The summed E-state index contributed by atoms with van der Waals surface area (Å²) < 4.78 is 75.3. The van der Waals surface area contributed by atoms with Gasteiger partial charge >= 0.3 is 6.18 Å². The van der Waals surface area contributed by atoms with E-state index in [4.69, 9.17) is 21.4 Å². The van der Waals surface area contributed by atoms with Crippen LogP contribution in [0.1, 0.15) is 16.7 Å². The van der Waals surface area contributed by atoms with E-state index in [0.717, 1.165) is 28.0 Å². The molecule has 2 aromatic carbocycles. The third-order valence-electron chi connectivity index (χ3n) is 5.48. The number of rotatable bonds is 7. The molecule has 0 unspecified atom stereocenters. The Morgan fingerprint density at radius 1 is 1.05 bits per heavy atom. The predicted molar refractivity (Wildman–Crippen MR) is 132 cm³/mol. The van der Waals surface area contributed by atoms with Gasteiger partial charge in [0.1, 0.15) is 35.6 Å². The predicted octanol–water partition coefficient (Wildman–Crippen LogP) is 6.49. The first kappa shape index (κ1) is 27.3. The maximum atomic E-state index is 14.4. The van der Waals surface area contributed by atoms with Crippen molar-refractivity contribution in [2.24, 2.45) is 0 Å². The third-order valence-corrected chi connectivity index (χ3v) is 6.94. The standard InChI is InChI=1S/C26H16ClF5N2O3S/c27-19-9-14(2-4-22(19)37-8-7-35)23-5-6-24(38-23)21-11-18(26(30,31)32)17(12-33)25(36)34(21)13-15-1-3-16(28)10-20(15)29/h1-6,9-11,35H,7-8,13H2. The van der Waals surface area contributed by atoms with E-state index in [9.17, 15) is 32.0 Å². The zero-order chi connectivity index (χ0) is 27.6. The fourth-order valence-electron chi connectivity index (χ4n) is 3.72. The molecule has 0 saturated heterocycles. The number of aliphatic hydroxyl groups is 1. The van der Waals surface area contributed by atoms with Crippen molar-refractivity contribution in [1.29, 1.82) is 5.26 Å². The SMILES string of the molecule is N#Cc1c(C(F)(F)F)cc(-c2ccc(-c3ccc(OCCO)c(Cl)c3)s2)n(Cc2ccc(F)cc2F)c1=O. The van der Waals surface area contributed by atoms with Crippen LogP contribution in [0.5, 0.6) is 5.75 Å². The number of thiophene rings is 1. The number of nitrogens with zero attached hydrogens (tertiary/aromatic N) is 2. The zero-order valence-electron chi connectivity index (χ0n) is 19.2. The quantitative estimate of drug-likeness (QED) is 0.260. The molecule has 5 nitrogen and oxygen atoms in total. The number of alkyl halides is 3. The normalized spacial score (nSPS) is 11.4. The minimum atomic E-state index is -5.00. The molecule has 0 aliphatic heterocycles. The average molecular weight is 567 g/mol. The Morgan fingerprint density at radius 2 is 1.79 bits per heavy atom. The maximum Gasteiger partial charge on any atom is 0.417 e. The Hall–Kier alpha value is -3.72. The van der Waals surface area contributed by atoms with Crippen LogP contribution in [0, 0.1) is 23.0 Å². The molecule has 0 spiro atoms. The summed E-state index contributed by atoms with van der Waals surface area (Å²) in [4.78, 5) is 13.9. The summed E-state index contributed by atoms with van der Waals surface area (Å²) in [6, 6.07) is 12.5. The lowest BCUT2D eigenvalue weighted by atomic mass is 10.1. The van der Waals surface area contributed by atoms with Crippen LogP contribution in [0.2, 0.25) is 5.02 Å². The van der Waals surface area contributed by atoms with Crippen LogP contribution in [-0.2, 0) is 12.7 Å². The Morgan fingerprint density at radius 3 is 2.42 bits per heavy atom. The van der Waals surface area contributed by atoms with E-state index in [1.165, 1.54) is 12.1 Å². The van der Waals surface area contributed by atoms with Crippen LogP contribution >= 0.6 is 22.9 Å². The molecule has 0 amide bonds. The van der Waals surface area contributed by atoms with Crippen molar-refractivity contribution in [2.75, 3.05) is 13.2 Å². The van der Waals surface area contributed by atoms with Crippen LogP contribution in [0.25, 0.3) is 21.0 Å². The van der Waals surface area contributed by atoms with Gasteiger partial charge in [-0.1, -0.05) is 17.7 Å². The molecule has 2 heterocycles. The van der Waals surface area contributed by atoms with E-state index in [-0.39, 0.29) is 34.4 Å². The van der Waals surface area contributed by atoms with E-state index in [0.29, 0.717) is 28.3 Å². The highest BCUT2D eigenvalue weighted by Gasteiger charge is 2.36. The number of pyridine rings is 1. The monoisotopic (exact) mass is 566 g/mol. The van der Waals surface area contributed by atoms with Gasteiger partial charge in [-0.15, -0.1) is 11.3 Å². The Kier molecular flexibility index (Phi) is 7.87. The van der Waals surface area contributed by atoms with Gasteiger partial charge in [0.15, 0.2) is 0 Å². The number of hydrogen-bond acceptors (Lipinski definition) is 5. The molecule has 0 aliphatic carbocycles. The van der Waals surface area contributed by atoms with Crippen LogP contribution < -0.4 is 10.3 Å². The number of aromatic nitrogens is 1. The van der Waals surface area contributed by atoms with Gasteiger partial charge in [-0.2, -0.15) is 18.4 Å². The minimum Gasteiger partial charge on any atom is -0.490 e. The number of nitriles is 1. The summed E-state index contributed by atoms with van der Waals surface area (Å²) in [6.07, 6.45) is -5.00. The maximum absolute atomic E-state index is 14.4. The first-order chi connectivity index (χ1) is 18.0. The lowest BCUT2D eigenvalue weighted by Gasteiger charge is -2.17. The second-order valence-corrected chi connectivity index (χ2v) is 9.43. The zero-order valence-corrected chi connectivity index (χ0v) is 20.7. The topological polar surface area (TPSA) is 75.2 Å². The number of hydrogen-bond donors (Lipinski definition) is 1. The summed E-state index contributed by atoms with van der Waals surface area (Å²) in [7, 11) is 0. The summed E-state index contributed by atoms with van der Waals surface area (Å²) in [6.45, 7) is -0.710. The van der Waals surface area contributed by atoms with Crippen molar-refractivity contribution in [3.63, 3.8) is 0 Å². The first-order valence-electron chi connectivity index (χ1n) is 10.9. The fourth-order valence-corrected chi connectivity index (χ4v) is 4.98. The highest BCUT2D eigenvalue weighted by molar-refractivity contribution is 7.18. The fraction of sp³-hybridized carbons (Fsp3) is 0.154. The van der Waals surface area contributed by atoms with Gasteiger partial charge in [0.05, 0.1) is 34.3 Å². The first-order valence-corrected chi connectivity index (χ1v) is 12.1. The molecule has 0 radical (unpaired) electrons. The summed E-state index contributed by atoms with van der Waals surface area (Å²) in [5.74, 6) is -1.53. The average Bonchev–Trinajstić information content (AvgIpc) is 3.35. The van der Waals surface area contributed by atoms with E-state index in [1.54, 1.807) is 24.3 Å². The van der Waals surface area contributed by atoms with Crippen molar-refractivity contribution in [3.8, 4) is 32.8 Å². The van der Waals surface area contributed by atoms with Crippen LogP contribution in [0.4, 0.5) is 22.0 Å². The molecule has 12 heteroatoms.